The summed E-state index contributed by atoms with van der Waals surface area (Å²) in [5.41, 5.74) is 2.56. The predicted octanol–water partition coefficient (Wildman–Crippen LogP) is 8.79. The van der Waals surface area contributed by atoms with Gasteiger partial charge in [0.05, 0.1) is 6.04 Å². The van der Waals surface area contributed by atoms with E-state index in [2.05, 4.69) is 194 Å². The summed E-state index contributed by atoms with van der Waals surface area (Å²) in [5.74, 6) is 0. The molecule has 0 bridgehead atoms. The van der Waals surface area contributed by atoms with Gasteiger partial charge in [-0.3, -0.25) is 4.99 Å². The van der Waals surface area contributed by atoms with Gasteiger partial charge in [-0.05, 0) is 60.8 Å². The van der Waals surface area contributed by atoms with Crippen molar-refractivity contribution in [1.29, 1.82) is 0 Å². The van der Waals surface area contributed by atoms with Gasteiger partial charge in [-0.25, -0.2) is 0 Å². The second-order valence-corrected chi connectivity index (χ2v) is 16.1. The van der Waals surface area contributed by atoms with Crippen LogP contribution in [-0.4, -0.2) is 25.1 Å². The van der Waals surface area contributed by atoms with Crippen molar-refractivity contribution in [3.63, 3.8) is 0 Å². The third kappa shape index (κ3) is 9.43. The van der Waals surface area contributed by atoms with Gasteiger partial charge >= 0.3 is 0 Å². The Bertz CT molecular complexity index is 1670. The van der Waals surface area contributed by atoms with Crippen LogP contribution in [0.2, 0.25) is 0 Å². The lowest BCUT2D eigenvalue weighted by Crippen LogP contribution is -2.28. The molecule has 4 heteroatoms. The van der Waals surface area contributed by atoms with Crippen molar-refractivity contribution >= 4 is 43.3 Å². The number of aliphatic imine (C=N–C) groups is 1. The summed E-state index contributed by atoms with van der Waals surface area (Å²) in [4.78, 5) is 5.34. The molecule has 0 spiro atoms. The van der Waals surface area contributed by atoms with E-state index in [1.54, 1.807) is 0 Å². The van der Waals surface area contributed by atoms with E-state index in [4.69, 9.17) is 4.99 Å². The number of nitrogens with one attached hydrogen (secondary N) is 1. The zero-order valence-electron chi connectivity index (χ0n) is 26.7. The van der Waals surface area contributed by atoms with Gasteiger partial charge in [0.1, 0.15) is 0 Å². The van der Waals surface area contributed by atoms with Crippen LogP contribution in [0.3, 0.4) is 0 Å². The predicted molar refractivity (Wildman–Crippen MR) is 207 cm³/mol. The van der Waals surface area contributed by atoms with Gasteiger partial charge in [0.15, 0.2) is 0 Å². The third-order valence-electron chi connectivity index (χ3n) is 8.39. The fourth-order valence-corrected chi connectivity index (χ4v) is 10.3. The molecule has 2 atom stereocenters. The van der Waals surface area contributed by atoms with Crippen molar-refractivity contribution in [1.82, 2.24) is 5.32 Å². The van der Waals surface area contributed by atoms with E-state index in [0.29, 0.717) is 0 Å². The minimum absolute atomic E-state index is 0.0436. The fourth-order valence-electron chi connectivity index (χ4n) is 6.01. The van der Waals surface area contributed by atoms with E-state index in [0.717, 1.165) is 25.3 Å². The Balaban J connectivity index is 1.23. The van der Waals surface area contributed by atoms with E-state index in [9.17, 15) is 0 Å². The molecule has 0 aromatic heterocycles. The summed E-state index contributed by atoms with van der Waals surface area (Å²) in [6.45, 7) is 0.924. The molecule has 0 amide bonds. The smallest absolute Gasteiger partial charge is 0.0763 e. The molecule has 0 aliphatic carbocycles. The lowest BCUT2D eigenvalue weighted by Gasteiger charge is -2.25. The SMILES string of the molecule is C(/CP(c1ccccc1)c1ccccc1)=N\[C@H](C[C@@H](NCCP(c1ccccc1)c1ccccc1)c1ccccc1)c1ccccc1. The minimum Gasteiger partial charge on any atom is -0.309 e. The molecule has 6 aromatic rings. The van der Waals surface area contributed by atoms with E-state index in [1.165, 1.54) is 32.3 Å². The van der Waals surface area contributed by atoms with Crippen molar-refractivity contribution < 1.29 is 0 Å². The summed E-state index contributed by atoms with van der Waals surface area (Å²) < 4.78 is 0. The highest BCUT2D eigenvalue weighted by Gasteiger charge is 2.21. The van der Waals surface area contributed by atoms with Gasteiger partial charge in [-0.1, -0.05) is 182 Å². The Kier molecular flexibility index (Phi) is 12.3. The van der Waals surface area contributed by atoms with E-state index in [1.807, 2.05) is 0 Å². The fraction of sp³-hybridized carbons (Fsp3) is 0.140. The third-order valence-corrected chi connectivity index (χ3v) is 13.3. The number of nitrogens with zero attached hydrogens (tertiary/aromatic N) is 1. The highest BCUT2D eigenvalue weighted by Crippen LogP contribution is 2.35. The molecule has 0 unspecified atom stereocenters. The average Bonchev–Trinajstić information content (AvgIpc) is 3.16. The van der Waals surface area contributed by atoms with E-state index >= 15 is 0 Å². The second-order valence-electron chi connectivity index (χ2n) is 11.5. The summed E-state index contributed by atoms with van der Waals surface area (Å²) in [6, 6.07) is 65.8. The molecule has 0 saturated heterocycles. The zero-order chi connectivity index (χ0) is 31.9. The summed E-state index contributed by atoms with van der Waals surface area (Å²) >= 11 is 0. The van der Waals surface area contributed by atoms with Gasteiger partial charge < -0.3 is 5.32 Å². The first-order valence-corrected chi connectivity index (χ1v) is 19.5. The Labute approximate surface area is 283 Å². The molecule has 0 aliphatic heterocycles. The van der Waals surface area contributed by atoms with Gasteiger partial charge in [0.2, 0.25) is 0 Å². The highest BCUT2D eigenvalue weighted by atomic mass is 31.1. The van der Waals surface area contributed by atoms with Gasteiger partial charge in [-0.2, -0.15) is 0 Å². The van der Waals surface area contributed by atoms with Crippen molar-refractivity contribution in [3.05, 3.63) is 193 Å². The maximum Gasteiger partial charge on any atom is 0.0763 e. The van der Waals surface area contributed by atoms with Crippen LogP contribution in [0, 0.1) is 0 Å². The molecule has 0 radical (unpaired) electrons. The van der Waals surface area contributed by atoms with Crippen LogP contribution in [0.4, 0.5) is 0 Å². The minimum atomic E-state index is -0.539. The van der Waals surface area contributed by atoms with Crippen LogP contribution in [0.5, 0.6) is 0 Å². The number of hydrogen-bond acceptors (Lipinski definition) is 2. The quantitative estimate of drug-likeness (QED) is 0.0874. The molecule has 2 nitrogen and oxygen atoms in total. The van der Waals surface area contributed by atoms with E-state index in [-0.39, 0.29) is 12.1 Å². The second kappa shape index (κ2) is 17.7. The molecular weight excluding hydrogens is 606 g/mol. The Morgan fingerprint density at radius 3 is 1.30 bits per heavy atom. The van der Waals surface area contributed by atoms with Crippen molar-refractivity contribution in [2.45, 2.75) is 18.5 Å². The molecule has 0 heterocycles. The molecule has 47 heavy (non-hydrogen) atoms. The van der Waals surface area contributed by atoms with Crippen molar-refractivity contribution in [2.75, 3.05) is 18.9 Å². The molecule has 0 aliphatic rings. The molecular formula is C43H42N2P2. The maximum absolute atomic E-state index is 5.34. The summed E-state index contributed by atoms with van der Waals surface area (Å²) in [6.07, 6.45) is 5.07. The topological polar surface area (TPSA) is 24.4 Å². The normalized spacial score (nSPS) is 12.8. The van der Waals surface area contributed by atoms with Crippen LogP contribution in [-0.2, 0) is 0 Å². The first-order chi connectivity index (χ1) is 23.3. The number of benzene rings is 6. The lowest BCUT2D eigenvalue weighted by molar-refractivity contribution is 0.471. The Morgan fingerprint density at radius 2 is 0.851 bits per heavy atom. The molecule has 6 aromatic carbocycles. The van der Waals surface area contributed by atoms with Gasteiger partial charge in [0.25, 0.3) is 0 Å². The van der Waals surface area contributed by atoms with Crippen molar-refractivity contribution in [3.8, 4) is 0 Å². The van der Waals surface area contributed by atoms with Crippen LogP contribution in [0.1, 0.15) is 29.6 Å². The average molecular weight is 649 g/mol. The van der Waals surface area contributed by atoms with Crippen LogP contribution in [0.25, 0.3) is 0 Å². The molecule has 1 N–H and O–H groups in total. The molecule has 0 saturated carbocycles. The first-order valence-electron chi connectivity index (χ1n) is 16.5. The van der Waals surface area contributed by atoms with Gasteiger partial charge in [-0.15, -0.1) is 0 Å². The summed E-state index contributed by atoms with van der Waals surface area (Å²) in [5, 5.41) is 9.62. The maximum atomic E-state index is 5.34. The van der Waals surface area contributed by atoms with Crippen LogP contribution < -0.4 is 26.5 Å². The largest absolute Gasteiger partial charge is 0.309 e. The molecule has 234 valence electrons. The molecule has 6 rings (SSSR count). The number of rotatable bonds is 15. The Morgan fingerprint density at radius 1 is 0.468 bits per heavy atom. The highest BCUT2D eigenvalue weighted by molar-refractivity contribution is 7.73. The monoisotopic (exact) mass is 648 g/mol. The van der Waals surface area contributed by atoms with Crippen LogP contribution >= 0.6 is 15.8 Å². The number of hydrogen-bond donors (Lipinski definition) is 1. The van der Waals surface area contributed by atoms with Gasteiger partial charge in [0, 0.05) is 25.0 Å². The lowest BCUT2D eigenvalue weighted by atomic mass is 9.95. The first kappa shape index (κ1) is 32.7. The Hall–Kier alpha value is -4.19. The van der Waals surface area contributed by atoms with Crippen LogP contribution in [0.15, 0.2) is 187 Å². The standard InChI is InChI=1S/C43H42N2P2/c1-7-19-36(20-8-1)42(44-31-33-46(38-23-11-3-12-24-38)39-25-13-4-14-26-39)35-43(37-21-9-2-10-22-37)45-32-34-47(40-27-15-5-16-28-40)41-29-17-6-18-30-41/h1-31,42-43,45H,32-35H2/b44-31+/t42-,43-/m1/s1. The summed E-state index contributed by atoms with van der Waals surface area (Å²) in [7, 11) is -1.00. The van der Waals surface area contributed by atoms with E-state index < -0.39 is 15.8 Å². The molecule has 0 fully saturated rings. The zero-order valence-corrected chi connectivity index (χ0v) is 28.5. The van der Waals surface area contributed by atoms with Crippen molar-refractivity contribution in [2.24, 2.45) is 4.99 Å².